The molecular formula is C15H24N2O2S. The number of para-hydroxylation sites is 1. The maximum Gasteiger partial charge on any atom is 0.177 e. The van der Waals surface area contributed by atoms with Gasteiger partial charge in [-0.2, -0.15) is 0 Å². The number of rotatable bonds is 3. The second-order valence-electron chi connectivity index (χ2n) is 5.65. The van der Waals surface area contributed by atoms with Crippen LogP contribution in [0.25, 0.3) is 0 Å². The van der Waals surface area contributed by atoms with Crippen LogP contribution in [0.15, 0.2) is 23.1 Å². The van der Waals surface area contributed by atoms with Gasteiger partial charge >= 0.3 is 0 Å². The molecule has 1 aliphatic heterocycles. The smallest absolute Gasteiger partial charge is 0.177 e. The van der Waals surface area contributed by atoms with E-state index in [4.69, 9.17) is 5.73 Å². The van der Waals surface area contributed by atoms with Gasteiger partial charge in [-0.1, -0.05) is 19.4 Å². The molecule has 0 aliphatic carbocycles. The zero-order chi connectivity index (χ0) is 14.8. The van der Waals surface area contributed by atoms with Crippen LogP contribution < -0.4 is 10.6 Å². The van der Waals surface area contributed by atoms with Gasteiger partial charge in [0.05, 0.1) is 16.3 Å². The Hall–Kier alpha value is -1.23. The number of hydrogen-bond acceptors (Lipinski definition) is 4. The van der Waals surface area contributed by atoms with Gasteiger partial charge in [0.1, 0.15) is 0 Å². The van der Waals surface area contributed by atoms with Crippen LogP contribution in [0.3, 0.4) is 0 Å². The quantitative estimate of drug-likeness (QED) is 0.871. The lowest BCUT2D eigenvalue weighted by molar-refractivity contribution is 0.459. The SMILES string of the molecule is CCC1CCCN(c2cccc(S(C)(=O)=O)c2N)CC1. The molecule has 0 spiro atoms. The Morgan fingerprint density at radius 3 is 2.70 bits per heavy atom. The minimum Gasteiger partial charge on any atom is -0.396 e. The van der Waals surface area contributed by atoms with E-state index in [9.17, 15) is 8.42 Å². The summed E-state index contributed by atoms with van der Waals surface area (Å²) >= 11 is 0. The van der Waals surface area contributed by atoms with E-state index in [2.05, 4.69) is 11.8 Å². The molecule has 1 atom stereocenters. The average molecular weight is 296 g/mol. The predicted molar refractivity (Wildman–Crippen MR) is 83.8 cm³/mol. The molecular weight excluding hydrogens is 272 g/mol. The summed E-state index contributed by atoms with van der Waals surface area (Å²) in [5.74, 6) is 0.777. The second kappa shape index (κ2) is 6.04. The van der Waals surface area contributed by atoms with Crippen molar-refractivity contribution in [1.82, 2.24) is 0 Å². The van der Waals surface area contributed by atoms with E-state index in [0.717, 1.165) is 37.5 Å². The third-order valence-electron chi connectivity index (χ3n) is 4.21. The molecule has 1 aromatic carbocycles. The highest BCUT2D eigenvalue weighted by molar-refractivity contribution is 7.90. The van der Waals surface area contributed by atoms with E-state index < -0.39 is 9.84 Å². The molecule has 1 fully saturated rings. The third kappa shape index (κ3) is 3.26. The van der Waals surface area contributed by atoms with Crippen LogP contribution in [0.5, 0.6) is 0 Å². The van der Waals surface area contributed by atoms with Gasteiger partial charge in [-0.15, -0.1) is 0 Å². The number of nitrogens with two attached hydrogens (primary N) is 1. The number of nitrogens with zero attached hydrogens (tertiary/aromatic N) is 1. The standard InChI is InChI=1S/C15H24N2O2S/c1-3-12-6-5-10-17(11-9-12)13-7-4-8-14(15(13)16)20(2,18)19/h4,7-8,12H,3,5-6,9-11,16H2,1-2H3. The molecule has 2 N–H and O–H groups in total. The van der Waals surface area contributed by atoms with Crippen molar-refractivity contribution < 1.29 is 8.42 Å². The van der Waals surface area contributed by atoms with Crippen molar-refractivity contribution in [2.75, 3.05) is 30.0 Å². The second-order valence-corrected chi connectivity index (χ2v) is 7.64. The van der Waals surface area contributed by atoms with E-state index in [1.807, 2.05) is 6.07 Å². The van der Waals surface area contributed by atoms with Gasteiger partial charge in [0, 0.05) is 19.3 Å². The molecule has 1 saturated heterocycles. The Morgan fingerprint density at radius 1 is 1.30 bits per heavy atom. The molecule has 20 heavy (non-hydrogen) atoms. The summed E-state index contributed by atoms with van der Waals surface area (Å²) in [6, 6.07) is 5.29. The van der Waals surface area contributed by atoms with E-state index >= 15 is 0 Å². The number of nitrogen functional groups attached to an aromatic ring is 1. The van der Waals surface area contributed by atoms with Crippen molar-refractivity contribution in [3.63, 3.8) is 0 Å². The van der Waals surface area contributed by atoms with Crippen LogP contribution in [-0.4, -0.2) is 27.8 Å². The van der Waals surface area contributed by atoms with E-state index in [0.29, 0.717) is 5.69 Å². The molecule has 112 valence electrons. The van der Waals surface area contributed by atoms with Crippen molar-refractivity contribution >= 4 is 21.2 Å². The number of sulfone groups is 1. The normalized spacial score (nSPS) is 20.7. The van der Waals surface area contributed by atoms with E-state index in [1.165, 1.54) is 19.1 Å². The number of anilines is 2. The van der Waals surface area contributed by atoms with Gasteiger partial charge in [-0.05, 0) is 37.3 Å². The highest BCUT2D eigenvalue weighted by Crippen LogP contribution is 2.32. The van der Waals surface area contributed by atoms with Crippen molar-refractivity contribution in [3.05, 3.63) is 18.2 Å². The molecule has 5 heteroatoms. The van der Waals surface area contributed by atoms with Gasteiger partial charge in [0.25, 0.3) is 0 Å². The fraction of sp³-hybridized carbons (Fsp3) is 0.600. The summed E-state index contributed by atoms with van der Waals surface area (Å²) in [4.78, 5) is 2.48. The van der Waals surface area contributed by atoms with Crippen molar-refractivity contribution in [1.29, 1.82) is 0 Å². The maximum atomic E-state index is 11.8. The summed E-state index contributed by atoms with van der Waals surface area (Å²) in [5, 5.41) is 0. The van der Waals surface area contributed by atoms with E-state index in [-0.39, 0.29) is 4.90 Å². The first-order valence-corrected chi connectivity index (χ1v) is 9.16. The monoisotopic (exact) mass is 296 g/mol. The van der Waals surface area contributed by atoms with Crippen LogP contribution in [-0.2, 0) is 9.84 Å². The minimum absolute atomic E-state index is 0.242. The Balaban J connectivity index is 2.29. The molecule has 2 rings (SSSR count). The number of hydrogen-bond donors (Lipinski definition) is 1. The molecule has 0 bridgehead atoms. The van der Waals surface area contributed by atoms with Crippen LogP contribution in [0.4, 0.5) is 11.4 Å². The van der Waals surface area contributed by atoms with Crippen LogP contribution in [0.1, 0.15) is 32.6 Å². The molecule has 1 heterocycles. The first-order chi connectivity index (χ1) is 9.43. The predicted octanol–water partition coefficient (Wildman–Crippen LogP) is 2.69. The lowest BCUT2D eigenvalue weighted by Crippen LogP contribution is -2.25. The first-order valence-electron chi connectivity index (χ1n) is 7.27. The lowest BCUT2D eigenvalue weighted by atomic mass is 9.98. The zero-order valence-corrected chi connectivity index (χ0v) is 13.1. The Labute approximate surface area is 121 Å². The summed E-state index contributed by atoms with van der Waals surface area (Å²) in [5.41, 5.74) is 7.36. The summed E-state index contributed by atoms with van der Waals surface area (Å²) in [6.45, 7) is 4.14. The zero-order valence-electron chi connectivity index (χ0n) is 12.3. The largest absolute Gasteiger partial charge is 0.396 e. The van der Waals surface area contributed by atoms with Crippen LogP contribution >= 0.6 is 0 Å². The van der Waals surface area contributed by atoms with Crippen molar-refractivity contribution in [3.8, 4) is 0 Å². The fourth-order valence-electron chi connectivity index (χ4n) is 2.95. The number of benzene rings is 1. The van der Waals surface area contributed by atoms with Crippen LogP contribution in [0.2, 0.25) is 0 Å². The van der Waals surface area contributed by atoms with Gasteiger partial charge in [-0.25, -0.2) is 8.42 Å². The molecule has 4 nitrogen and oxygen atoms in total. The highest BCUT2D eigenvalue weighted by Gasteiger charge is 2.20. The van der Waals surface area contributed by atoms with Gasteiger partial charge < -0.3 is 10.6 Å². The third-order valence-corrected chi connectivity index (χ3v) is 5.36. The van der Waals surface area contributed by atoms with Crippen LogP contribution in [0, 0.1) is 5.92 Å². The summed E-state index contributed by atoms with van der Waals surface area (Å²) < 4.78 is 23.5. The molecule has 1 unspecified atom stereocenters. The minimum atomic E-state index is -3.27. The first kappa shape index (κ1) is 15.2. The highest BCUT2D eigenvalue weighted by atomic mass is 32.2. The van der Waals surface area contributed by atoms with Gasteiger partial charge in [0.15, 0.2) is 9.84 Å². The molecule has 0 amide bonds. The summed E-state index contributed by atoms with van der Waals surface area (Å²) in [6.07, 6.45) is 5.96. The van der Waals surface area contributed by atoms with Gasteiger partial charge in [-0.3, -0.25) is 0 Å². The molecule has 0 saturated carbocycles. The topological polar surface area (TPSA) is 63.4 Å². The fourth-order valence-corrected chi connectivity index (χ4v) is 3.78. The van der Waals surface area contributed by atoms with Crippen molar-refractivity contribution in [2.24, 2.45) is 5.92 Å². The van der Waals surface area contributed by atoms with Gasteiger partial charge in [0.2, 0.25) is 0 Å². The Bertz CT molecular complexity index is 569. The average Bonchev–Trinajstić information content (AvgIpc) is 2.63. The molecule has 1 aromatic rings. The molecule has 0 aromatic heterocycles. The molecule has 0 radical (unpaired) electrons. The maximum absolute atomic E-state index is 11.8. The lowest BCUT2D eigenvalue weighted by Gasteiger charge is -2.25. The summed E-state index contributed by atoms with van der Waals surface area (Å²) in [7, 11) is -3.27. The Morgan fingerprint density at radius 2 is 2.05 bits per heavy atom. The van der Waals surface area contributed by atoms with E-state index in [1.54, 1.807) is 12.1 Å². The van der Waals surface area contributed by atoms with Crippen molar-refractivity contribution in [2.45, 2.75) is 37.5 Å². The Kier molecular flexibility index (Phi) is 4.58. The molecule has 1 aliphatic rings.